The lowest BCUT2D eigenvalue weighted by atomic mass is 9.94. The molecule has 1 aliphatic carbocycles. The first kappa shape index (κ1) is 9.71. The van der Waals surface area contributed by atoms with Crippen LogP contribution < -0.4 is 5.73 Å². The lowest BCUT2D eigenvalue weighted by molar-refractivity contribution is -0.109. The fourth-order valence-electron chi connectivity index (χ4n) is 1.96. The zero-order valence-electron chi connectivity index (χ0n) is 8.54. The molecule has 14 heavy (non-hydrogen) atoms. The van der Waals surface area contributed by atoms with Gasteiger partial charge in [-0.1, -0.05) is 0 Å². The minimum atomic E-state index is 0.0555. The van der Waals surface area contributed by atoms with Crippen molar-refractivity contribution < 1.29 is 4.79 Å². The predicted octanol–water partition coefficient (Wildman–Crippen LogP) is 2.64. The fraction of sp³-hybridized carbons (Fsp3) is 0.545. The topological polar surface area (TPSA) is 43.1 Å². The second kappa shape index (κ2) is 3.39. The number of thiophene rings is 1. The molecule has 1 aliphatic rings. The molecule has 0 aromatic carbocycles. The van der Waals surface area contributed by atoms with Crippen LogP contribution in [0.5, 0.6) is 0 Å². The second-order valence-electron chi connectivity index (χ2n) is 4.06. The van der Waals surface area contributed by atoms with Gasteiger partial charge in [-0.3, -0.25) is 0 Å². The van der Waals surface area contributed by atoms with E-state index in [0.29, 0.717) is 5.92 Å². The van der Waals surface area contributed by atoms with Crippen LogP contribution in [-0.4, -0.2) is 6.29 Å². The molecule has 0 saturated heterocycles. The lowest BCUT2D eigenvalue weighted by Crippen LogP contribution is -2.05. The summed E-state index contributed by atoms with van der Waals surface area (Å²) in [5.41, 5.74) is 8.26. The Bertz CT molecular complexity index is 366. The van der Waals surface area contributed by atoms with Gasteiger partial charge in [-0.2, -0.15) is 0 Å². The van der Waals surface area contributed by atoms with E-state index in [1.807, 2.05) is 0 Å². The first-order chi connectivity index (χ1) is 6.65. The summed E-state index contributed by atoms with van der Waals surface area (Å²) in [5, 5.41) is 0.837. The van der Waals surface area contributed by atoms with Crippen molar-refractivity contribution in [1.29, 1.82) is 0 Å². The van der Waals surface area contributed by atoms with Gasteiger partial charge in [-0.25, -0.2) is 0 Å². The molecular formula is C11H15NOS. The van der Waals surface area contributed by atoms with Crippen molar-refractivity contribution in [2.45, 2.75) is 32.6 Å². The molecule has 1 saturated carbocycles. The molecule has 3 heteroatoms. The van der Waals surface area contributed by atoms with Crippen molar-refractivity contribution in [3.8, 4) is 0 Å². The Morgan fingerprint density at radius 3 is 2.50 bits per heavy atom. The van der Waals surface area contributed by atoms with Crippen LogP contribution in [0, 0.1) is 19.8 Å². The smallest absolute Gasteiger partial charge is 0.127 e. The number of hydrogen-bond donors (Lipinski definition) is 1. The molecule has 1 heterocycles. The van der Waals surface area contributed by atoms with Gasteiger partial charge in [-0.15, -0.1) is 11.3 Å². The maximum absolute atomic E-state index is 11.0. The molecule has 0 spiro atoms. The molecule has 1 fully saturated rings. The van der Waals surface area contributed by atoms with Gasteiger partial charge in [0.05, 0.1) is 5.00 Å². The highest BCUT2D eigenvalue weighted by atomic mass is 32.1. The molecule has 0 amide bonds. The Kier molecular flexibility index (Phi) is 2.35. The summed E-state index contributed by atoms with van der Waals surface area (Å²) in [5.74, 6) is 0.613. The average Bonchev–Trinajstić information content (AvgIpc) is 2.91. The monoisotopic (exact) mass is 209 g/mol. The van der Waals surface area contributed by atoms with Crippen molar-refractivity contribution >= 4 is 22.6 Å². The highest BCUT2D eigenvalue weighted by Gasteiger charge is 2.34. The van der Waals surface area contributed by atoms with Gasteiger partial charge >= 0.3 is 0 Å². The Morgan fingerprint density at radius 2 is 2.14 bits per heavy atom. The zero-order chi connectivity index (χ0) is 10.3. The van der Waals surface area contributed by atoms with Gasteiger partial charge in [0.25, 0.3) is 0 Å². The van der Waals surface area contributed by atoms with E-state index >= 15 is 0 Å². The maximum atomic E-state index is 11.0. The number of nitrogens with two attached hydrogens (primary N) is 1. The zero-order valence-corrected chi connectivity index (χ0v) is 9.36. The largest absolute Gasteiger partial charge is 0.390 e. The van der Waals surface area contributed by atoms with Crippen molar-refractivity contribution in [2.75, 3.05) is 5.73 Å². The third-order valence-electron chi connectivity index (χ3n) is 3.07. The Labute approximate surface area is 88.1 Å². The molecule has 1 aromatic heterocycles. The molecule has 1 atom stereocenters. The SMILES string of the molecule is Cc1sc(N)c(C(C=O)C2CC2)c1C. The Morgan fingerprint density at radius 1 is 1.50 bits per heavy atom. The predicted molar refractivity (Wildman–Crippen MR) is 59.7 cm³/mol. The Hall–Kier alpha value is -0.830. The van der Waals surface area contributed by atoms with Crippen LogP contribution in [0.3, 0.4) is 0 Å². The van der Waals surface area contributed by atoms with Crippen molar-refractivity contribution in [2.24, 2.45) is 5.92 Å². The van der Waals surface area contributed by atoms with E-state index in [1.54, 1.807) is 11.3 Å². The quantitative estimate of drug-likeness (QED) is 0.778. The summed E-state index contributed by atoms with van der Waals surface area (Å²) in [6, 6.07) is 0. The number of carbonyl (C=O) groups excluding carboxylic acids is 1. The van der Waals surface area contributed by atoms with Gasteiger partial charge in [0.1, 0.15) is 6.29 Å². The standard InChI is InChI=1S/C11H15NOS/c1-6-7(2)14-11(12)10(6)9(5-13)8-3-4-8/h5,8-9H,3-4,12H2,1-2H3. The molecule has 0 bridgehead atoms. The average molecular weight is 209 g/mol. The summed E-state index contributed by atoms with van der Waals surface area (Å²) in [6.07, 6.45) is 3.43. The summed E-state index contributed by atoms with van der Waals surface area (Å²) in [6.45, 7) is 4.13. The highest BCUT2D eigenvalue weighted by molar-refractivity contribution is 7.16. The molecular weight excluding hydrogens is 194 g/mol. The van der Waals surface area contributed by atoms with E-state index in [4.69, 9.17) is 5.73 Å². The van der Waals surface area contributed by atoms with E-state index < -0.39 is 0 Å². The molecule has 2 N–H and O–H groups in total. The van der Waals surface area contributed by atoms with E-state index in [-0.39, 0.29) is 5.92 Å². The van der Waals surface area contributed by atoms with Crippen LogP contribution in [0.4, 0.5) is 5.00 Å². The van der Waals surface area contributed by atoms with Gasteiger partial charge < -0.3 is 10.5 Å². The summed E-state index contributed by atoms with van der Waals surface area (Å²) in [4.78, 5) is 12.3. The van der Waals surface area contributed by atoms with Crippen LogP contribution in [0.25, 0.3) is 0 Å². The Balaban J connectivity index is 2.41. The van der Waals surface area contributed by atoms with E-state index in [1.165, 1.54) is 23.3 Å². The number of nitrogen functional groups attached to an aromatic ring is 1. The van der Waals surface area contributed by atoms with Gasteiger partial charge in [-0.05, 0) is 43.7 Å². The van der Waals surface area contributed by atoms with E-state index in [0.717, 1.165) is 16.9 Å². The van der Waals surface area contributed by atoms with Crippen LogP contribution in [0.15, 0.2) is 0 Å². The van der Waals surface area contributed by atoms with Crippen molar-refractivity contribution in [1.82, 2.24) is 0 Å². The van der Waals surface area contributed by atoms with E-state index in [9.17, 15) is 4.79 Å². The highest BCUT2D eigenvalue weighted by Crippen LogP contribution is 2.46. The molecule has 1 unspecified atom stereocenters. The van der Waals surface area contributed by atoms with Crippen molar-refractivity contribution in [3.63, 3.8) is 0 Å². The second-order valence-corrected chi connectivity index (χ2v) is 5.32. The molecule has 0 aliphatic heterocycles. The minimum Gasteiger partial charge on any atom is -0.390 e. The fourth-order valence-corrected chi connectivity index (χ4v) is 2.95. The summed E-state index contributed by atoms with van der Waals surface area (Å²) < 4.78 is 0. The van der Waals surface area contributed by atoms with Crippen LogP contribution in [-0.2, 0) is 4.79 Å². The van der Waals surface area contributed by atoms with Crippen LogP contribution in [0.1, 0.15) is 34.8 Å². The van der Waals surface area contributed by atoms with Crippen molar-refractivity contribution in [3.05, 3.63) is 16.0 Å². The molecule has 76 valence electrons. The molecule has 0 radical (unpaired) electrons. The summed E-state index contributed by atoms with van der Waals surface area (Å²) >= 11 is 1.60. The van der Waals surface area contributed by atoms with Crippen LogP contribution in [0.2, 0.25) is 0 Å². The lowest BCUT2D eigenvalue weighted by Gasteiger charge is -2.09. The summed E-state index contributed by atoms with van der Waals surface area (Å²) in [7, 11) is 0. The first-order valence-corrected chi connectivity index (χ1v) is 5.77. The normalized spacial score (nSPS) is 18.1. The van der Waals surface area contributed by atoms with E-state index in [2.05, 4.69) is 13.8 Å². The maximum Gasteiger partial charge on any atom is 0.127 e. The van der Waals surface area contributed by atoms with Gasteiger partial charge in [0, 0.05) is 10.8 Å². The molecule has 2 nitrogen and oxygen atoms in total. The van der Waals surface area contributed by atoms with Crippen LogP contribution >= 0.6 is 11.3 Å². The number of rotatable bonds is 3. The number of anilines is 1. The van der Waals surface area contributed by atoms with Gasteiger partial charge in [0.15, 0.2) is 0 Å². The molecule has 2 rings (SSSR count). The number of carbonyl (C=O) groups is 1. The van der Waals surface area contributed by atoms with Gasteiger partial charge in [0.2, 0.25) is 0 Å². The number of aryl methyl sites for hydroxylation is 1. The third kappa shape index (κ3) is 1.46. The number of aldehydes is 1. The molecule has 1 aromatic rings. The number of hydrogen-bond acceptors (Lipinski definition) is 3. The first-order valence-electron chi connectivity index (χ1n) is 4.95. The minimum absolute atomic E-state index is 0.0555. The third-order valence-corrected chi connectivity index (χ3v) is 4.12.